The first-order valence-electron chi connectivity index (χ1n) is 7.06. The Bertz CT molecular complexity index is 425. The summed E-state index contributed by atoms with van der Waals surface area (Å²) < 4.78 is 0. The molecule has 0 saturated carbocycles. The summed E-state index contributed by atoms with van der Waals surface area (Å²) in [6.07, 6.45) is 1.16. The Kier molecular flexibility index (Phi) is 4.25. The number of benzene rings is 1. The van der Waals surface area contributed by atoms with E-state index in [1.54, 1.807) is 0 Å². The van der Waals surface area contributed by atoms with E-state index in [9.17, 15) is 4.79 Å². The van der Waals surface area contributed by atoms with Gasteiger partial charge in [0.1, 0.15) is 0 Å². The number of carbonyl (C=O) groups excluding carboxylic acids is 1. The van der Waals surface area contributed by atoms with Gasteiger partial charge >= 0.3 is 0 Å². The predicted octanol–water partition coefficient (Wildman–Crippen LogP) is 2.32. The summed E-state index contributed by atoms with van der Waals surface area (Å²) in [6, 6.07) is 7.93. The zero-order valence-electron chi connectivity index (χ0n) is 12.1. The highest BCUT2D eigenvalue weighted by molar-refractivity contribution is 5.94. The second-order valence-corrected chi connectivity index (χ2v) is 6.40. The Morgan fingerprint density at radius 2 is 2.00 bits per heavy atom. The van der Waals surface area contributed by atoms with Gasteiger partial charge in [0.15, 0.2) is 0 Å². The SMILES string of the molecule is CC(C)(C)c1ccc(C(=O)NCC2CCNC2)cc1. The molecule has 1 atom stereocenters. The molecule has 3 nitrogen and oxygen atoms in total. The lowest BCUT2D eigenvalue weighted by atomic mass is 9.87. The van der Waals surface area contributed by atoms with Gasteiger partial charge in [0.2, 0.25) is 0 Å². The highest BCUT2D eigenvalue weighted by Gasteiger charge is 2.17. The molecule has 1 aliphatic heterocycles. The van der Waals surface area contributed by atoms with Crippen molar-refractivity contribution >= 4 is 5.91 Å². The minimum atomic E-state index is 0.0346. The van der Waals surface area contributed by atoms with Gasteiger partial charge in [0, 0.05) is 12.1 Å². The molecular formula is C16H24N2O. The highest BCUT2D eigenvalue weighted by atomic mass is 16.1. The van der Waals surface area contributed by atoms with E-state index >= 15 is 0 Å². The first-order chi connectivity index (χ1) is 8.97. The number of hydrogen-bond donors (Lipinski definition) is 2. The quantitative estimate of drug-likeness (QED) is 0.875. The zero-order chi connectivity index (χ0) is 13.9. The van der Waals surface area contributed by atoms with Crippen molar-refractivity contribution in [2.75, 3.05) is 19.6 Å². The van der Waals surface area contributed by atoms with Crippen molar-refractivity contribution < 1.29 is 4.79 Å². The summed E-state index contributed by atoms with van der Waals surface area (Å²) in [5, 5.41) is 6.33. The van der Waals surface area contributed by atoms with Gasteiger partial charge < -0.3 is 10.6 Å². The Morgan fingerprint density at radius 3 is 2.53 bits per heavy atom. The Hall–Kier alpha value is -1.35. The normalized spacial score (nSPS) is 19.4. The largest absolute Gasteiger partial charge is 0.352 e. The second-order valence-electron chi connectivity index (χ2n) is 6.40. The number of rotatable bonds is 3. The van der Waals surface area contributed by atoms with E-state index in [4.69, 9.17) is 0 Å². The third-order valence-corrected chi connectivity index (χ3v) is 3.73. The topological polar surface area (TPSA) is 41.1 Å². The lowest BCUT2D eigenvalue weighted by Crippen LogP contribution is -2.30. The summed E-state index contributed by atoms with van der Waals surface area (Å²) in [7, 11) is 0. The van der Waals surface area contributed by atoms with Gasteiger partial charge in [0.05, 0.1) is 0 Å². The summed E-state index contributed by atoms with van der Waals surface area (Å²) in [6.45, 7) is 9.39. The van der Waals surface area contributed by atoms with E-state index in [0.29, 0.717) is 5.92 Å². The molecule has 1 unspecified atom stereocenters. The predicted molar refractivity (Wildman–Crippen MR) is 78.5 cm³/mol. The third kappa shape index (κ3) is 3.80. The molecule has 1 aromatic rings. The van der Waals surface area contributed by atoms with Crippen LogP contribution in [0.1, 0.15) is 43.1 Å². The maximum Gasteiger partial charge on any atom is 0.251 e. The lowest BCUT2D eigenvalue weighted by molar-refractivity contribution is 0.0948. The standard InChI is InChI=1S/C16H24N2O/c1-16(2,3)14-6-4-13(5-7-14)15(19)18-11-12-8-9-17-10-12/h4-7,12,17H,8-11H2,1-3H3,(H,18,19). The van der Waals surface area contributed by atoms with Gasteiger partial charge in [-0.2, -0.15) is 0 Å². The number of carbonyl (C=O) groups is 1. The number of amides is 1. The van der Waals surface area contributed by atoms with Crippen molar-refractivity contribution in [1.82, 2.24) is 10.6 Å². The molecule has 1 amide bonds. The average Bonchev–Trinajstić information content (AvgIpc) is 2.88. The molecule has 104 valence electrons. The molecular weight excluding hydrogens is 236 g/mol. The molecule has 0 radical (unpaired) electrons. The van der Waals surface area contributed by atoms with Gasteiger partial charge in [-0.3, -0.25) is 4.79 Å². The van der Waals surface area contributed by atoms with Crippen LogP contribution < -0.4 is 10.6 Å². The molecule has 1 fully saturated rings. The minimum absolute atomic E-state index is 0.0346. The molecule has 2 rings (SSSR count). The molecule has 19 heavy (non-hydrogen) atoms. The minimum Gasteiger partial charge on any atom is -0.352 e. The number of hydrogen-bond acceptors (Lipinski definition) is 2. The second kappa shape index (κ2) is 5.74. The van der Waals surface area contributed by atoms with Crippen LogP contribution in [0.5, 0.6) is 0 Å². The Morgan fingerprint density at radius 1 is 1.32 bits per heavy atom. The van der Waals surface area contributed by atoms with Crippen LogP contribution in [0, 0.1) is 5.92 Å². The fourth-order valence-corrected chi connectivity index (χ4v) is 2.35. The van der Waals surface area contributed by atoms with Crippen molar-refractivity contribution in [3.63, 3.8) is 0 Å². The van der Waals surface area contributed by atoms with Crippen LogP contribution in [0.2, 0.25) is 0 Å². The van der Waals surface area contributed by atoms with Crippen LogP contribution in [0.3, 0.4) is 0 Å². The first kappa shape index (κ1) is 14.1. The van der Waals surface area contributed by atoms with Gasteiger partial charge in [0.25, 0.3) is 5.91 Å². The molecule has 1 heterocycles. The van der Waals surface area contributed by atoms with Crippen LogP contribution in [0.25, 0.3) is 0 Å². The lowest BCUT2D eigenvalue weighted by Gasteiger charge is -2.19. The Balaban J connectivity index is 1.92. The molecule has 0 aliphatic carbocycles. The van der Waals surface area contributed by atoms with E-state index in [-0.39, 0.29) is 11.3 Å². The maximum absolute atomic E-state index is 12.0. The molecule has 0 aromatic heterocycles. The van der Waals surface area contributed by atoms with Crippen LogP contribution in [0.4, 0.5) is 0 Å². The number of nitrogens with one attached hydrogen (secondary N) is 2. The van der Waals surface area contributed by atoms with Crippen LogP contribution in [-0.2, 0) is 5.41 Å². The van der Waals surface area contributed by atoms with Crippen molar-refractivity contribution in [2.45, 2.75) is 32.6 Å². The summed E-state index contributed by atoms with van der Waals surface area (Å²) in [5.41, 5.74) is 2.13. The van der Waals surface area contributed by atoms with Crippen LogP contribution in [0.15, 0.2) is 24.3 Å². The molecule has 0 spiro atoms. The molecule has 0 bridgehead atoms. The van der Waals surface area contributed by atoms with E-state index in [2.05, 4.69) is 31.4 Å². The first-order valence-corrected chi connectivity index (χ1v) is 7.06. The van der Waals surface area contributed by atoms with Gasteiger partial charge in [-0.1, -0.05) is 32.9 Å². The molecule has 2 N–H and O–H groups in total. The molecule has 1 aromatic carbocycles. The van der Waals surface area contributed by atoms with Crippen molar-refractivity contribution in [3.8, 4) is 0 Å². The molecule has 1 saturated heterocycles. The van der Waals surface area contributed by atoms with E-state index in [1.807, 2.05) is 24.3 Å². The van der Waals surface area contributed by atoms with Gasteiger partial charge in [-0.15, -0.1) is 0 Å². The van der Waals surface area contributed by atoms with Crippen molar-refractivity contribution in [2.24, 2.45) is 5.92 Å². The van der Waals surface area contributed by atoms with Gasteiger partial charge in [-0.25, -0.2) is 0 Å². The molecule has 1 aliphatic rings. The van der Waals surface area contributed by atoms with E-state index in [1.165, 1.54) is 5.56 Å². The highest BCUT2D eigenvalue weighted by Crippen LogP contribution is 2.22. The van der Waals surface area contributed by atoms with E-state index in [0.717, 1.165) is 31.6 Å². The fourth-order valence-electron chi connectivity index (χ4n) is 2.35. The maximum atomic E-state index is 12.0. The van der Waals surface area contributed by atoms with Crippen LogP contribution in [-0.4, -0.2) is 25.5 Å². The molecule has 3 heteroatoms. The van der Waals surface area contributed by atoms with Crippen molar-refractivity contribution in [3.05, 3.63) is 35.4 Å². The fraction of sp³-hybridized carbons (Fsp3) is 0.562. The van der Waals surface area contributed by atoms with Crippen LogP contribution >= 0.6 is 0 Å². The monoisotopic (exact) mass is 260 g/mol. The summed E-state index contributed by atoms with van der Waals surface area (Å²) in [4.78, 5) is 12.0. The average molecular weight is 260 g/mol. The summed E-state index contributed by atoms with van der Waals surface area (Å²) >= 11 is 0. The van der Waals surface area contributed by atoms with E-state index < -0.39 is 0 Å². The van der Waals surface area contributed by atoms with Gasteiger partial charge in [-0.05, 0) is 48.5 Å². The third-order valence-electron chi connectivity index (χ3n) is 3.73. The van der Waals surface area contributed by atoms with Crippen molar-refractivity contribution in [1.29, 1.82) is 0 Å². The smallest absolute Gasteiger partial charge is 0.251 e. The zero-order valence-corrected chi connectivity index (χ0v) is 12.1. The summed E-state index contributed by atoms with van der Waals surface area (Å²) in [5.74, 6) is 0.616. The Labute approximate surface area is 115 Å².